The standard InChI is InChI=1S/C12H20N4O/c1-9(2)16(8-7-11(13)15-17)12-6-4-5-10(3)14-12/h4-6,9,17H,7-8H2,1-3H3,(H2,13,15). The first-order valence-electron chi connectivity index (χ1n) is 5.71. The summed E-state index contributed by atoms with van der Waals surface area (Å²) in [5, 5.41) is 11.5. The van der Waals surface area contributed by atoms with Gasteiger partial charge in [0.25, 0.3) is 0 Å². The maximum atomic E-state index is 8.53. The molecule has 17 heavy (non-hydrogen) atoms. The van der Waals surface area contributed by atoms with Gasteiger partial charge in [-0.1, -0.05) is 11.2 Å². The van der Waals surface area contributed by atoms with Gasteiger partial charge in [0, 0.05) is 24.7 Å². The van der Waals surface area contributed by atoms with E-state index in [1.807, 2.05) is 25.1 Å². The summed E-state index contributed by atoms with van der Waals surface area (Å²) in [6.45, 7) is 6.84. The predicted octanol–water partition coefficient (Wildman–Crippen LogP) is 1.74. The van der Waals surface area contributed by atoms with E-state index in [4.69, 9.17) is 10.9 Å². The Balaban J connectivity index is 2.79. The van der Waals surface area contributed by atoms with E-state index in [1.165, 1.54) is 0 Å². The first-order chi connectivity index (χ1) is 8.04. The highest BCUT2D eigenvalue weighted by atomic mass is 16.4. The van der Waals surface area contributed by atoms with Crippen molar-refractivity contribution in [3.63, 3.8) is 0 Å². The number of nitrogens with two attached hydrogens (primary N) is 1. The molecular weight excluding hydrogens is 216 g/mol. The molecule has 0 fully saturated rings. The Morgan fingerprint density at radius 1 is 1.53 bits per heavy atom. The zero-order chi connectivity index (χ0) is 12.8. The fraction of sp³-hybridized carbons (Fsp3) is 0.500. The summed E-state index contributed by atoms with van der Waals surface area (Å²) in [7, 11) is 0. The number of anilines is 1. The van der Waals surface area contributed by atoms with Crippen LogP contribution in [0.3, 0.4) is 0 Å². The number of nitrogens with zero attached hydrogens (tertiary/aromatic N) is 3. The van der Waals surface area contributed by atoms with Crippen LogP contribution in [0.2, 0.25) is 0 Å². The molecule has 0 aliphatic heterocycles. The molecular formula is C12H20N4O. The third-order valence-electron chi connectivity index (χ3n) is 2.53. The minimum atomic E-state index is 0.239. The molecule has 0 radical (unpaired) electrons. The number of rotatable bonds is 5. The van der Waals surface area contributed by atoms with Crippen molar-refractivity contribution in [3.8, 4) is 0 Å². The number of aromatic nitrogens is 1. The Morgan fingerprint density at radius 2 is 2.24 bits per heavy atom. The van der Waals surface area contributed by atoms with E-state index in [9.17, 15) is 0 Å². The molecule has 5 nitrogen and oxygen atoms in total. The molecule has 0 unspecified atom stereocenters. The van der Waals surface area contributed by atoms with Crippen LogP contribution in [0, 0.1) is 6.92 Å². The highest BCUT2D eigenvalue weighted by Crippen LogP contribution is 2.14. The molecule has 94 valence electrons. The lowest BCUT2D eigenvalue weighted by atomic mass is 10.2. The number of amidine groups is 1. The molecule has 0 saturated carbocycles. The number of aryl methyl sites for hydroxylation is 1. The summed E-state index contributed by atoms with van der Waals surface area (Å²) in [6.07, 6.45) is 0.518. The second kappa shape index (κ2) is 6.08. The molecule has 0 atom stereocenters. The molecule has 1 rings (SSSR count). The highest BCUT2D eigenvalue weighted by Gasteiger charge is 2.12. The van der Waals surface area contributed by atoms with Crippen molar-refractivity contribution in [1.82, 2.24) is 4.98 Å². The third-order valence-corrected chi connectivity index (χ3v) is 2.53. The molecule has 1 aromatic rings. The second-order valence-corrected chi connectivity index (χ2v) is 4.27. The smallest absolute Gasteiger partial charge is 0.140 e. The predicted molar refractivity (Wildman–Crippen MR) is 69.5 cm³/mol. The first kappa shape index (κ1) is 13.3. The molecule has 3 N–H and O–H groups in total. The normalized spacial score (nSPS) is 11.9. The van der Waals surface area contributed by atoms with E-state index in [1.54, 1.807) is 0 Å². The van der Waals surface area contributed by atoms with Crippen molar-refractivity contribution in [1.29, 1.82) is 0 Å². The fourth-order valence-corrected chi connectivity index (χ4v) is 1.61. The Kier molecular flexibility index (Phi) is 4.75. The second-order valence-electron chi connectivity index (χ2n) is 4.27. The summed E-state index contributed by atoms with van der Waals surface area (Å²) in [5.41, 5.74) is 6.47. The number of pyridine rings is 1. The topological polar surface area (TPSA) is 74.7 Å². The van der Waals surface area contributed by atoms with Gasteiger partial charge in [0.05, 0.1) is 0 Å². The third kappa shape index (κ3) is 3.94. The van der Waals surface area contributed by atoms with Gasteiger partial charge in [-0.25, -0.2) is 4.98 Å². The summed E-state index contributed by atoms with van der Waals surface area (Å²) < 4.78 is 0. The summed E-state index contributed by atoms with van der Waals surface area (Å²) in [4.78, 5) is 6.61. The van der Waals surface area contributed by atoms with Gasteiger partial charge in [-0.3, -0.25) is 0 Å². The van der Waals surface area contributed by atoms with Gasteiger partial charge in [-0.05, 0) is 32.9 Å². The van der Waals surface area contributed by atoms with Gasteiger partial charge in [0.2, 0.25) is 0 Å². The van der Waals surface area contributed by atoms with Gasteiger partial charge in [-0.2, -0.15) is 0 Å². The monoisotopic (exact) mass is 236 g/mol. The minimum absolute atomic E-state index is 0.239. The van der Waals surface area contributed by atoms with Crippen LogP contribution < -0.4 is 10.6 Å². The maximum Gasteiger partial charge on any atom is 0.140 e. The summed E-state index contributed by atoms with van der Waals surface area (Å²) in [5.74, 6) is 1.16. The van der Waals surface area contributed by atoms with E-state index in [2.05, 4.69) is 28.9 Å². The van der Waals surface area contributed by atoms with Gasteiger partial charge in [0.1, 0.15) is 11.7 Å². The van der Waals surface area contributed by atoms with Crippen LogP contribution in [0.4, 0.5) is 5.82 Å². The van der Waals surface area contributed by atoms with E-state index in [0.717, 1.165) is 11.5 Å². The average molecular weight is 236 g/mol. The molecule has 0 bridgehead atoms. The van der Waals surface area contributed by atoms with Crippen LogP contribution in [0.5, 0.6) is 0 Å². The number of hydrogen-bond donors (Lipinski definition) is 2. The lowest BCUT2D eigenvalue weighted by molar-refractivity contribution is 0.317. The van der Waals surface area contributed by atoms with Gasteiger partial charge >= 0.3 is 0 Å². The first-order valence-corrected chi connectivity index (χ1v) is 5.71. The molecule has 0 aliphatic rings. The quantitative estimate of drug-likeness (QED) is 0.353. The molecule has 1 aromatic heterocycles. The minimum Gasteiger partial charge on any atom is -0.409 e. The number of hydrogen-bond acceptors (Lipinski definition) is 4. The van der Waals surface area contributed by atoms with Crippen LogP contribution in [0.1, 0.15) is 26.0 Å². The van der Waals surface area contributed by atoms with Crippen molar-refractivity contribution in [2.45, 2.75) is 33.2 Å². The van der Waals surface area contributed by atoms with Crippen LogP contribution >= 0.6 is 0 Å². The molecule has 0 aromatic carbocycles. The Labute approximate surface area is 102 Å². The average Bonchev–Trinajstić information content (AvgIpc) is 2.28. The summed E-state index contributed by atoms with van der Waals surface area (Å²) in [6, 6.07) is 6.23. The zero-order valence-electron chi connectivity index (χ0n) is 10.6. The van der Waals surface area contributed by atoms with Crippen LogP contribution in [-0.2, 0) is 0 Å². The Hall–Kier alpha value is -1.78. The van der Waals surface area contributed by atoms with E-state index < -0.39 is 0 Å². The summed E-state index contributed by atoms with van der Waals surface area (Å²) >= 11 is 0. The zero-order valence-corrected chi connectivity index (χ0v) is 10.6. The molecule has 0 amide bonds. The van der Waals surface area contributed by atoms with Gasteiger partial charge < -0.3 is 15.8 Å². The van der Waals surface area contributed by atoms with Crippen LogP contribution in [0.25, 0.3) is 0 Å². The molecule has 5 heteroatoms. The largest absolute Gasteiger partial charge is 0.409 e. The molecule has 0 spiro atoms. The fourth-order valence-electron chi connectivity index (χ4n) is 1.61. The van der Waals surface area contributed by atoms with Crippen LogP contribution in [-0.4, -0.2) is 28.6 Å². The lowest BCUT2D eigenvalue weighted by Crippen LogP contribution is -2.34. The molecule has 0 aliphatic carbocycles. The van der Waals surface area contributed by atoms with E-state index >= 15 is 0 Å². The Morgan fingerprint density at radius 3 is 2.76 bits per heavy atom. The van der Waals surface area contributed by atoms with Gasteiger partial charge in [0.15, 0.2) is 0 Å². The molecule has 0 saturated heterocycles. The van der Waals surface area contributed by atoms with Crippen molar-refractivity contribution in [3.05, 3.63) is 23.9 Å². The van der Waals surface area contributed by atoms with Crippen molar-refractivity contribution >= 4 is 11.7 Å². The van der Waals surface area contributed by atoms with Crippen molar-refractivity contribution in [2.75, 3.05) is 11.4 Å². The van der Waals surface area contributed by atoms with Crippen molar-refractivity contribution in [2.24, 2.45) is 10.9 Å². The van der Waals surface area contributed by atoms with Crippen LogP contribution in [0.15, 0.2) is 23.4 Å². The van der Waals surface area contributed by atoms with Crippen molar-refractivity contribution < 1.29 is 5.21 Å². The SMILES string of the molecule is Cc1cccc(N(CC/C(N)=N/O)C(C)C)n1. The maximum absolute atomic E-state index is 8.53. The van der Waals surface area contributed by atoms with Gasteiger partial charge in [-0.15, -0.1) is 0 Å². The highest BCUT2D eigenvalue weighted by molar-refractivity contribution is 5.80. The van der Waals surface area contributed by atoms with E-state index in [-0.39, 0.29) is 5.84 Å². The number of oxime groups is 1. The Bertz CT molecular complexity index is 390. The van der Waals surface area contributed by atoms with E-state index in [0.29, 0.717) is 19.0 Å². The lowest BCUT2D eigenvalue weighted by Gasteiger charge is -2.27. The molecule has 1 heterocycles.